The molecule has 2 rings (SSSR count). The highest BCUT2D eigenvalue weighted by atomic mass is 19.1. The van der Waals surface area contributed by atoms with Crippen molar-refractivity contribution >= 4 is 12.0 Å². The number of halogens is 1. The van der Waals surface area contributed by atoms with E-state index in [2.05, 4.69) is 10.6 Å². The van der Waals surface area contributed by atoms with Crippen LogP contribution in [0.1, 0.15) is 12.0 Å². The van der Waals surface area contributed by atoms with Crippen LogP contribution in [0.5, 0.6) is 0 Å². The third-order valence-corrected chi connectivity index (χ3v) is 3.37. The smallest absolute Gasteiger partial charge is 0.329 e. The van der Waals surface area contributed by atoms with Crippen molar-refractivity contribution in [1.82, 2.24) is 10.6 Å². The van der Waals surface area contributed by atoms with Gasteiger partial charge < -0.3 is 25.2 Å². The number of carboxylic acids is 1. The predicted octanol–water partition coefficient (Wildman–Crippen LogP) is 0.884. The Labute approximate surface area is 132 Å². The van der Waals surface area contributed by atoms with Gasteiger partial charge in [0.25, 0.3) is 0 Å². The maximum atomic E-state index is 13.1. The van der Waals surface area contributed by atoms with Crippen LogP contribution in [0.2, 0.25) is 0 Å². The molecule has 8 heteroatoms. The molecule has 0 aromatic heterocycles. The first-order chi connectivity index (χ1) is 11.0. The second kappa shape index (κ2) is 8.44. The van der Waals surface area contributed by atoms with Crippen LogP contribution in [-0.4, -0.2) is 49.1 Å². The summed E-state index contributed by atoms with van der Waals surface area (Å²) in [6.45, 7) is 0.455. The van der Waals surface area contributed by atoms with Crippen molar-refractivity contribution in [3.8, 4) is 0 Å². The summed E-state index contributed by atoms with van der Waals surface area (Å²) in [5.41, 5.74) is 0.638. The van der Waals surface area contributed by atoms with Crippen LogP contribution in [0.15, 0.2) is 24.3 Å². The lowest BCUT2D eigenvalue weighted by Crippen LogP contribution is -2.53. The molecule has 0 bridgehead atoms. The molecule has 1 aromatic carbocycles. The first-order valence-corrected chi connectivity index (χ1v) is 7.24. The maximum Gasteiger partial charge on any atom is 0.329 e. The highest BCUT2D eigenvalue weighted by Gasteiger charge is 2.28. The Kier molecular flexibility index (Phi) is 6.30. The summed E-state index contributed by atoms with van der Waals surface area (Å²) >= 11 is 0. The molecule has 0 saturated carbocycles. The summed E-state index contributed by atoms with van der Waals surface area (Å²) in [7, 11) is 0. The first-order valence-electron chi connectivity index (χ1n) is 7.24. The Hall–Kier alpha value is -2.19. The van der Waals surface area contributed by atoms with Crippen molar-refractivity contribution in [1.29, 1.82) is 0 Å². The molecule has 3 N–H and O–H groups in total. The van der Waals surface area contributed by atoms with E-state index >= 15 is 0 Å². The maximum absolute atomic E-state index is 13.1. The number of amides is 2. The van der Waals surface area contributed by atoms with Gasteiger partial charge in [0.05, 0.1) is 18.8 Å². The molecule has 1 fully saturated rings. The number of carbonyl (C=O) groups excluding carboxylic acids is 1. The van der Waals surface area contributed by atoms with E-state index in [1.165, 1.54) is 12.1 Å². The monoisotopic (exact) mass is 326 g/mol. The number of carboxylic acid groups (broad SMARTS) is 1. The molecule has 0 aliphatic carbocycles. The highest BCUT2D eigenvalue weighted by Crippen LogP contribution is 2.12. The summed E-state index contributed by atoms with van der Waals surface area (Å²) in [6.07, 6.45) is 0.0852. The quantitative estimate of drug-likeness (QED) is 0.721. The van der Waals surface area contributed by atoms with Gasteiger partial charge in [0, 0.05) is 13.2 Å². The molecule has 1 aliphatic rings. The number of hydrogen-bond donors (Lipinski definition) is 3. The van der Waals surface area contributed by atoms with E-state index in [1.807, 2.05) is 0 Å². The molecule has 1 aliphatic heterocycles. The van der Waals surface area contributed by atoms with Crippen molar-refractivity contribution in [3.05, 3.63) is 35.6 Å². The van der Waals surface area contributed by atoms with Crippen LogP contribution in [0.25, 0.3) is 0 Å². The molecule has 1 heterocycles. The number of carbonyl (C=O) groups is 2. The average molecular weight is 326 g/mol. The first kappa shape index (κ1) is 17.2. The highest BCUT2D eigenvalue weighted by molar-refractivity contribution is 5.74. The third kappa shape index (κ3) is 5.84. The fourth-order valence-corrected chi connectivity index (χ4v) is 2.28. The Bertz CT molecular complexity index is 554. The zero-order valence-corrected chi connectivity index (χ0v) is 12.5. The van der Waals surface area contributed by atoms with E-state index in [1.54, 1.807) is 12.1 Å². The Morgan fingerprint density at radius 2 is 2.26 bits per heavy atom. The topological polar surface area (TPSA) is 96.9 Å². The Balaban J connectivity index is 1.81. The molecule has 1 saturated heterocycles. The minimum atomic E-state index is -1.06. The van der Waals surface area contributed by atoms with Gasteiger partial charge in [-0.2, -0.15) is 0 Å². The van der Waals surface area contributed by atoms with Gasteiger partial charge in [0.15, 0.2) is 0 Å². The van der Waals surface area contributed by atoms with Gasteiger partial charge in [-0.3, -0.25) is 0 Å². The van der Waals surface area contributed by atoms with Crippen molar-refractivity contribution in [2.75, 3.05) is 19.8 Å². The molecule has 0 unspecified atom stereocenters. The van der Waals surface area contributed by atoms with Crippen LogP contribution in [0.4, 0.5) is 9.18 Å². The van der Waals surface area contributed by atoms with E-state index < -0.39 is 30.8 Å². The molecule has 1 aromatic rings. The molecule has 23 heavy (non-hydrogen) atoms. The van der Waals surface area contributed by atoms with Crippen molar-refractivity contribution < 1.29 is 28.6 Å². The van der Waals surface area contributed by atoms with Crippen molar-refractivity contribution in [3.63, 3.8) is 0 Å². The number of urea groups is 1. The number of benzene rings is 1. The van der Waals surface area contributed by atoms with E-state index in [0.717, 1.165) is 0 Å². The van der Waals surface area contributed by atoms with Gasteiger partial charge in [0.2, 0.25) is 0 Å². The lowest BCUT2D eigenvalue weighted by molar-refractivity contribution is -0.147. The summed E-state index contributed by atoms with van der Waals surface area (Å²) in [5.74, 6) is -1.43. The van der Waals surface area contributed by atoms with Gasteiger partial charge in [-0.1, -0.05) is 12.1 Å². The van der Waals surface area contributed by atoms with Crippen molar-refractivity contribution in [2.24, 2.45) is 0 Å². The van der Waals surface area contributed by atoms with Gasteiger partial charge in [-0.05, 0) is 24.1 Å². The Morgan fingerprint density at radius 1 is 1.43 bits per heavy atom. The number of ether oxygens (including phenoxy) is 2. The normalized spacial score (nSPS) is 20.7. The number of aliphatic carboxylic acids is 1. The molecule has 7 nitrogen and oxygen atoms in total. The van der Waals surface area contributed by atoms with Crippen LogP contribution in [0, 0.1) is 5.82 Å². The van der Waals surface area contributed by atoms with Gasteiger partial charge in [0.1, 0.15) is 12.4 Å². The van der Waals surface area contributed by atoms with Gasteiger partial charge >= 0.3 is 12.0 Å². The van der Waals surface area contributed by atoms with Crippen LogP contribution in [0.3, 0.4) is 0 Å². The van der Waals surface area contributed by atoms with Gasteiger partial charge in [-0.15, -0.1) is 0 Å². The zero-order valence-electron chi connectivity index (χ0n) is 12.5. The van der Waals surface area contributed by atoms with Crippen LogP contribution < -0.4 is 10.6 Å². The molecule has 2 atom stereocenters. The minimum Gasteiger partial charge on any atom is -0.480 e. The minimum absolute atomic E-state index is 0.178. The largest absolute Gasteiger partial charge is 0.480 e. The SMILES string of the molecule is O=C(O)CO[C@@H]1CCOC[C@@H]1NC(=O)NCc1cccc(F)c1. The Morgan fingerprint density at radius 3 is 3.00 bits per heavy atom. The number of hydrogen-bond acceptors (Lipinski definition) is 4. The number of nitrogens with one attached hydrogen (secondary N) is 2. The molecular formula is C15H19FN2O5. The van der Waals surface area contributed by atoms with Crippen molar-refractivity contribution in [2.45, 2.75) is 25.1 Å². The second-order valence-electron chi connectivity index (χ2n) is 5.17. The van der Waals surface area contributed by atoms with E-state index in [-0.39, 0.29) is 19.0 Å². The summed E-state index contributed by atoms with van der Waals surface area (Å²) in [5, 5.41) is 14.0. The van der Waals surface area contributed by atoms with E-state index in [9.17, 15) is 14.0 Å². The molecule has 0 spiro atoms. The van der Waals surface area contributed by atoms with Crippen LogP contribution in [-0.2, 0) is 20.8 Å². The zero-order chi connectivity index (χ0) is 16.7. The molecule has 0 radical (unpaired) electrons. The second-order valence-corrected chi connectivity index (χ2v) is 5.17. The fourth-order valence-electron chi connectivity index (χ4n) is 2.28. The molecule has 2 amide bonds. The summed E-state index contributed by atoms with van der Waals surface area (Å²) < 4.78 is 23.6. The summed E-state index contributed by atoms with van der Waals surface area (Å²) in [4.78, 5) is 22.5. The third-order valence-electron chi connectivity index (χ3n) is 3.37. The van der Waals surface area contributed by atoms with E-state index in [4.69, 9.17) is 14.6 Å². The lowest BCUT2D eigenvalue weighted by atomic mass is 10.1. The van der Waals surface area contributed by atoms with E-state index in [0.29, 0.717) is 18.6 Å². The molecular weight excluding hydrogens is 307 g/mol. The number of rotatable bonds is 6. The van der Waals surface area contributed by atoms with Crippen LogP contribution >= 0.6 is 0 Å². The lowest BCUT2D eigenvalue weighted by Gasteiger charge is -2.31. The molecule has 126 valence electrons. The summed E-state index contributed by atoms with van der Waals surface area (Å²) in [6, 6.07) is 5.04. The standard InChI is InChI=1S/C15H19FN2O5/c16-11-3-1-2-10(6-11)7-17-15(21)18-12-8-22-5-4-13(12)23-9-14(19)20/h1-3,6,12-13H,4-5,7-9H2,(H,19,20)(H2,17,18,21)/t12-,13+/m0/s1. The predicted molar refractivity (Wildman–Crippen MR) is 78.4 cm³/mol. The average Bonchev–Trinajstić information content (AvgIpc) is 2.52. The fraction of sp³-hybridized carbons (Fsp3) is 0.467. The van der Waals surface area contributed by atoms with Gasteiger partial charge in [-0.25, -0.2) is 14.0 Å².